The van der Waals surface area contributed by atoms with Crippen LogP contribution in [0, 0.1) is 0 Å². The molecule has 2 nitrogen and oxygen atoms in total. The summed E-state index contributed by atoms with van der Waals surface area (Å²) in [7, 11) is 4.49. The van der Waals surface area contributed by atoms with E-state index in [-0.39, 0.29) is 0 Å². The molecule has 1 unspecified atom stereocenters. The molecule has 0 rings (SSSR count). The topological polar surface area (TPSA) is 15.3 Å². The zero-order valence-electron chi connectivity index (χ0n) is 13.7. The van der Waals surface area contributed by atoms with Gasteiger partial charge in [-0.1, -0.05) is 47.0 Å². The Morgan fingerprint density at radius 3 is 1.94 bits per heavy atom. The lowest BCUT2D eigenvalue weighted by atomic mass is 9.80. The maximum Gasteiger partial charge on any atom is 0.0351 e. The molecule has 1 atom stereocenters. The second kappa shape index (κ2) is 9.80. The van der Waals surface area contributed by atoms with Crippen molar-refractivity contribution >= 4 is 0 Å². The summed E-state index contributed by atoms with van der Waals surface area (Å²) in [6.45, 7) is 10.4. The number of nitrogens with zero attached hydrogens (tertiary/aromatic N) is 1. The van der Waals surface area contributed by atoms with Crippen LogP contribution in [0.2, 0.25) is 0 Å². The quantitative estimate of drug-likeness (QED) is 0.561. The van der Waals surface area contributed by atoms with E-state index in [0.29, 0.717) is 11.6 Å². The number of likely N-dealkylation sites (N-methyl/N-ethyl adjacent to an activating group) is 1. The molecule has 0 radical (unpaired) electrons. The number of nitrogens with one attached hydrogen (secondary N) is 1. The zero-order chi connectivity index (χ0) is 14.0. The fraction of sp³-hybridized carbons (Fsp3) is 1.00. The monoisotopic (exact) mass is 256 g/mol. The van der Waals surface area contributed by atoms with Gasteiger partial charge in [-0.05, 0) is 46.3 Å². The van der Waals surface area contributed by atoms with Crippen LogP contribution in [0.5, 0.6) is 0 Å². The maximum atomic E-state index is 3.81. The Labute approximate surface area is 116 Å². The third-order valence-electron chi connectivity index (χ3n) is 4.50. The molecule has 0 aromatic carbocycles. The smallest absolute Gasteiger partial charge is 0.0351 e. The van der Waals surface area contributed by atoms with Crippen molar-refractivity contribution in [2.75, 3.05) is 20.6 Å². The highest BCUT2D eigenvalue weighted by Gasteiger charge is 2.36. The summed E-state index contributed by atoms with van der Waals surface area (Å²) in [4.78, 5) is 2.45. The van der Waals surface area contributed by atoms with Gasteiger partial charge in [-0.2, -0.15) is 0 Å². The van der Waals surface area contributed by atoms with Gasteiger partial charge in [0.05, 0.1) is 0 Å². The summed E-state index contributed by atoms with van der Waals surface area (Å²) < 4.78 is 0. The molecule has 2 heteroatoms. The van der Waals surface area contributed by atoms with Crippen molar-refractivity contribution in [3.8, 4) is 0 Å². The van der Waals surface area contributed by atoms with E-state index in [4.69, 9.17) is 0 Å². The third-order valence-corrected chi connectivity index (χ3v) is 4.50. The molecule has 0 aromatic rings. The Balaban J connectivity index is 4.73. The van der Waals surface area contributed by atoms with Crippen LogP contribution in [0.3, 0.4) is 0 Å². The minimum atomic E-state index is 0.322. The molecule has 0 amide bonds. The van der Waals surface area contributed by atoms with Gasteiger partial charge in [0.1, 0.15) is 0 Å². The van der Waals surface area contributed by atoms with Gasteiger partial charge >= 0.3 is 0 Å². The predicted octanol–water partition coefficient (Wildman–Crippen LogP) is 4.06. The zero-order valence-corrected chi connectivity index (χ0v) is 13.7. The van der Waals surface area contributed by atoms with Gasteiger partial charge in [0.15, 0.2) is 0 Å². The summed E-state index contributed by atoms with van der Waals surface area (Å²) in [5.74, 6) is 0. The summed E-state index contributed by atoms with van der Waals surface area (Å²) in [6.07, 6.45) is 9.02. The minimum absolute atomic E-state index is 0.322. The molecule has 0 aliphatic heterocycles. The summed E-state index contributed by atoms with van der Waals surface area (Å²) >= 11 is 0. The fourth-order valence-corrected chi connectivity index (χ4v) is 3.16. The van der Waals surface area contributed by atoms with Gasteiger partial charge < -0.3 is 10.2 Å². The first kappa shape index (κ1) is 17.9. The van der Waals surface area contributed by atoms with Crippen molar-refractivity contribution in [1.82, 2.24) is 10.2 Å². The van der Waals surface area contributed by atoms with Gasteiger partial charge in [0, 0.05) is 11.6 Å². The van der Waals surface area contributed by atoms with Crippen molar-refractivity contribution in [1.29, 1.82) is 0 Å². The molecular weight excluding hydrogens is 220 g/mol. The molecule has 0 aliphatic carbocycles. The highest BCUT2D eigenvalue weighted by atomic mass is 15.2. The Bertz CT molecular complexity index is 186. The van der Waals surface area contributed by atoms with Crippen LogP contribution < -0.4 is 5.32 Å². The normalized spacial score (nSPS) is 14.2. The number of unbranched alkanes of at least 4 members (excludes halogenated alkanes) is 2. The second-order valence-electron chi connectivity index (χ2n) is 5.71. The average molecular weight is 256 g/mol. The standard InChI is InChI=1S/C16H36N2/c1-7-11-12-13-15(17-14-8-2)16(9-3,10-4)18(5)6/h15,17H,7-14H2,1-6H3. The van der Waals surface area contributed by atoms with E-state index >= 15 is 0 Å². The van der Waals surface area contributed by atoms with Crippen molar-refractivity contribution in [3.63, 3.8) is 0 Å². The van der Waals surface area contributed by atoms with E-state index in [0.717, 1.165) is 6.54 Å². The fourth-order valence-electron chi connectivity index (χ4n) is 3.16. The summed E-state index contributed by atoms with van der Waals surface area (Å²) in [5.41, 5.74) is 0.322. The Morgan fingerprint density at radius 2 is 1.56 bits per heavy atom. The number of hydrogen-bond donors (Lipinski definition) is 1. The molecule has 0 saturated heterocycles. The van der Waals surface area contributed by atoms with E-state index in [1.54, 1.807) is 0 Å². The van der Waals surface area contributed by atoms with E-state index in [2.05, 4.69) is 52.0 Å². The second-order valence-corrected chi connectivity index (χ2v) is 5.71. The maximum absolute atomic E-state index is 3.81. The lowest BCUT2D eigenvalue weighted by molar-refractivity contribution is 0.0828. The van der Waals surface area contributed by atoms with Crippen molar-refractivity contribution in [3.05, 3.63) is 0 Å². The van der Waals surface area contributed by atoms with Gasteiger partial charge in [0.2, 0.25) is 0 Å². The van der Waals surface area contributed by atoms with Crippen LogP contribution in [-0.4, -0.2) is 37.1 Å². The van der Waals surface area contributed by atoms with Crippen molar-refractivity contribution in [2.45, 2.75) is 84.2 Å². The van der Waals surface area contributed by atoms with Crippen molar-refractivity contribution in [2.24, 2.45) is 0 Å². The first-order valence-corrected chi connectivity index (χ1v) is 7.99. The highest BCUT2D eigenvalue weighted by Crippen LogP contribution is 2.29. The van der Waals surface area contributed by atoms with Crippen LogP contribution in [0.1, 0.15) is 72.6 Å². The molecule has 0 spiro atoms. The van der Waals surface area contributed by atoms with E-state index in [9.17, 15) is 0 Å². The molecule has 0 saturated carbocycles. The van der Waals surface area contributed by atoms with Gasteiger partial charge in [-0.15, -0.1) is 0 Å². The molecule has 0 aliphatic rings. The molecule has 1 N–H and O–H groups in total. The van der Waals surface area contributed by atoms with E-state index in [1.807, 2.05) is 0 Å². The van der Waals surface area contributed by atoms with Crippen LogP contribution in [-0.2, 0) is 0 Å². The highest BCUT2D eigenvalue weighted by molar-refractivity contribution is 4.96. The lowest BCUT2D eigenvalue weighted by Crippen LogP contribution is -2.58. The Morgan fingerprint density at radius 1 is 0.944 bits per heavy atom. The number of hydrogen-bond acceptors (Lipinski definition) is 2. The predicted molar refractivity (Wildman–Crippen MR) is 83.2 cm³/mol. The molecule has 18 heavy (non-hydrogen) atoms. The van der Waals surface area contributed by atoms with Crippen molar-refractivity contribution < 1.29 is 0 Å². The van der Waals surface area contributed by atoms with Crippen LogP contribution in [0.4, 0.5) is 0 Å². The molecule has 110 valence electrons. The van der Waals surface area contributed by atoms with Crippen LogP contribution in [0.15, 0.2) is 0 Å². The molecule has 0 fully saturated rings. The Kier molecular flexibility index (Phi) is 9.76. The average Bonchev–Trinajstić information content (AvgIpc) is 2.36. The van der Waals surface area contributed by atoms with E-state index in [1.165, 1.54) is 44.9 Å². The molecule has 0 aromatic heterocycles. The van der Waals surface area contributed by atoms with E-state index < -0.39 is 0 Å². The molecular formula is C16H36N2. The first-order valence-electron chi connectivity index (χ1n) is 7.99. The summed E-state index contributed by atoms with van der Waals surface area (Å²) in [5, 5.41) is 3.81. The van der Waals surface area contributed by atoms with Crippen LogP contribution >= 0.6 is 0 Å². The van der Waals surface area contributed by atoms with Gasteiger partial charge in [-0.25, -0.2) is 0 Å². The Hall–Kier alpha value is -0.0800. The summed E-state index contributed by atoms with van der Waals surface area (Å²) in [6, 6.07) is 0.633. The van der Waals surface area contributed by atoms with Gasteiger partial charge in [-0.3, -0.25) is 0 Å². The number of rotatable bonds is 11. The third kappa shape index (κ3) is 4.89. The largest absolute Gasteiger partial charge is 0.312 e. The lowest BCUT2D eigenvalue weighted by Gasteiger charge is -2.46. The molecule has 0 bridgehead atoms. The minimum Gasteiger partial charge on any atom is -0.312 e. The van der Waals surface area contributed by atoms with Gasteiger partial charge in [0.25, 0.3) is 0 Å². The SMILES string of the molecule is CCCCCC(NCCC)C(CC)(CC)N(C)C. The first-order chi connectivity index (χ1) is 8.58. The molecule has 0 heterocycles. The van der Waals surface area contributed by atoms with Crippen LogP contribution in [0.25, 0.3) is 0 Å².